The van der Waals surface area contributed by atoms with Crippen molar-refractivity contribution >= 4 is 11.6 Å². The molecule has 2 rings (SSSR count). The Morgan fingerprint density at radius 1 is 1.33 bits per heavy atom. The van der Waals surface area contributed by atoms with Gasteiger partial charge in [0.25, 0.3) is 0 Å². The van der Waals surface area contributed by atoms with Crippen LogP contribution in [0.25, 0.3) is 0 Å². The molecule has 1 amide bonds. The van der Waals surface area contributed by atoms with Crippen LogP contribution in [0.5, 0.6) is 0 Å². The molecular weight excluding hydrogens is 231 g/mol. The van der Waals surface area contributed by atoms with Gasteiger partial charge in [0, 0.05) is 12.5 Å². The summed E-state index contributed by atoms with van der Waals surface area (Å²) in [7, 11) is 1.65. The molecule has 1 fully saturated rings. The van der Waals surface area contributed by atoms with Gasteiger partial charge < -0.3 is 10.2 Å². The van der Waals surface area contributed by atoms with Crippen molar-refractivity contribution < 1.29 is 9.18 Å². The van der Waals surface area contributed by atoms with Gasteiger partial charge in [0.1, 0.15) is 5.82 Å². The molecule has 4 heteroatoms. The van der Waals surface area contributed by atoms with Crippen LogP contribution in [0.4, 0.5) is 10.1 Å². The molecule has 0 radical (unpaired) electrons. The molecule has 3 nitrogen and oxygen atoms in total. The van der Waals surface area contributed by atoms with Crippen molar-refractivity contribution in [3.05, 3.63) is 30.1 Å². The molecule has 0 aliphatic carbocycles. The minimum absolute atomic E-state index is 0.00546. The molecule has 1 heterocycles. The first kappa shape index (κ1) is 13.0. The number of piperidine rings is 1. The average molecular weight is 250 g/mol. The number of hydrogen-bond donors (Lipinski definition) is 1. The molecule has 1 aromatic rings. The fourth-order valence-corrected chi connectivity index (χ4v) is 2.43. The number of carbonyl (C=O) groups excluding carboxylic acids is 1. The summed E-state index contributed by atoms with van der Waals surface area (Å²) in [5, 5.41) is 3.24. The summed E-state index contributed by atoms with van der Waals surface area (Å²) in [5.74, 6) is -0.361. The molecule has 0 saturated carbocycles. The number of amides is 1. The van der Waals surface area contributed by atoms with Crippen molar-refractivity contribution in [1.82, 2.24) is 5.32 Å². The highest BCUT2D eigenvalue weighted by atomic mass is 19.1. The molecule has 18 heavy (non-hydrogen) atoms. The lowest BCUT2D eigenvalue weighted by atomic mass is 9.79. The van der Waals surface area contributed by atoms with Gasteiger partial charge in [-0.3, -0.25) is 4.79 Å². The number of rotatable bonds is 2. The third-order valence-electron chi connectivity index (χ3n) is 3.74. The van der Waals surface area contributed by atoms with Gasteiger partial charge in [-0.05, 0) is 38.1 Å². The Balaban J connectivity index is 2.21. The van der Waals surface area contributed by atoms with E-state index in [1.54, 1.807) is 25.2 Å². The summed E-state index contributed by atoms with van der Waals surface area (Å²) >= 11 is 0. The summed E-state index contributed by atoms with van der Waals surface area (Å²) in [4.78, 5) is 13.9. The Bertz CT molecular complexity index is 441. The molecule has 1 N–H and O–H groups in total. The molecule has 0 aromatic heterocycles. The summed E-state index contributed by atoms with van der Waals surface area (Å²) in [5.41, 5.74) is -0.0373. The molecular formula is C14H19FN2O. The summed E-state index contributed by atoms with van der Waals surface area (Å²) in [6, 6.07) is 6.39. The fourth-order valence-electron chi connectivity index (χ4n) is 2.43. The van der Waals surface area contributed by atoms with Crippen LogP contribution in [0.15, 0.2) is 24.3 Å². The molecule has 1 saturated heterocycles. The molecule has 1 aromatic carbocycles. The number of halogens is 1. The summed E-state index contributed by atoms with van der Waals surface area (Å²) in [6.45, 7) is 3.65. The maximum Gasteiger partial charge on any atom is 0.232 e. The third kappa shape index (κ3) is 2.38. The quantitative estimate of drug-likeness (QED) is 0.872. The van der Waals surface area contributed by atoms with E-state index in [4.69, 9.17) is 0 Å². The highest BCUT2D eigenvalue weighted by molar-refractivity contribution is 5.97. The molecule has 0 unspecified atom stereocenters. The Morgan fingerprint density at radius 2 is 1.94 bits per heavy atom. The second-order valence-electron chi connectivity index (χ2n) is 5.13. The molecule has 0 bridgehead atoms. The maximum atomic E-state index is 13.7. The van der Waals surface area contributed by atoms with E-state index in [9.17, 15) is 9.18 Å². The lowest BCUT2D eigenvalue weighted by Crippen LogP contribution is -2.46. The number of hydrogen-bond acceptors (Lipinski definition) is 2. The van der Waals surface area contributed by atoms with Crippen molar-refractivity contribution in [1.29, 1.82) is 0 Å². The van der Waals surface area contributed by atoms with Crippen molar-refractivity contribution in [2.75, 3.05) is 25.0 Å². The van der Waals surface area contributed by atoms with Crippen LogP contribution in [0.1, 0.15) is 19.8 Å². The maximum absolute atomic E-state index is 13.7. The Hall–Kier alpha value is -1.42. The normalized spacial score (nSPS) is 18.4. The number of nitrogens with zero attached hydrogens (tertiary/aromatic N) is 1. The smallest absolute Gasteiger partial charge is 0.232 e. The van der Waals surface area contributed by atoms with Gasteiger partial charge in [-0.2, -0.15) is 0 Å². The lowest BCUT2D eigenvalue weighted by molar-refractivity contribution is -0.128. The lowest BCUT2D eigenvalue weighted by Gasteiger charge is -2.36. The van der Waals surface area contributed by atoms with E-state index in [1.165, 1.54) is 11.0 Å². The van der Waals surface area contributed by atoms with E-state index in [0.717, 1.165) is 25.9 Å². The van der Waals surface area contributed by atoms with Gasteiger partial charge in [-0.15, -0.1) is 0 Å². The van der Waals surface area contributed by atoms with Gasteiger partial charge in [0.05, 0.1) is 5.69 Å². The third-order valence-corrected chi connectivity index (χ3v) is 3.74. The van der Waals surface area contributed by atoms with E-state index >= 15 is 0 Å². The molecule has 1 aliphatic heterocycles. The summed E-state index contributed by atoms with van der Waals surface area (Å²) in [6.07, 6.45) is 1.59. The van der Waals surface area contributed by atoms with Gasteiger partial charge in [-0.1, -0.05) is 19.1 Å². The van der Waals surface area contributed by atoms with Crippen LogP contribution >= 0.6 is 0 Å². The zero-order valence-electron chi connectivity index (χ0n) is 10.9. The van der Waals surface area contributed by atoms with Gasteiger partial charge in [0.15, 0.2) is 0 Å². The van der Waals surface area contributed by atoms with E-state index in [0.29, 0.717) is 5.69 Å². The van der Waals surface area contributed by atoms with Crippen LogP contribution in [0, 0.1) is 11.2 Å². The van der Waals surface area contributed by atoms with Crippen molar-refractivity contribution in [3.63, 3.8) is 0 Å². The molecule has 0 atom stereocenters. The second kappa shape index (κ2) is 5.06. The molecule has 0 spiro atoms. The standard InChI is InChI=1S/C14H19FN2O/c1-14(7-9-16-10-8-14)13(18)17(2)12-6-4-3-5-11(12)15/h3-6,16H,7-10H2,1-2H3. The van der Waals surface area contributed by atoms with E-state index in [2.05, 4.69) is 5.32 Å². The Kier molecular flexibility index (Phi) is 3.66. The SMILES string of the molecule is CN(C(=O)C1(C)CCNCC1)c1ccccc1F. The predicted octanol–water partition coefficient (Wildman–Crippen LogP) is 2.18. The number of carbonyl (C=O) groups is 1. The summed E-state index contributed by atoms with van der Waals surface area (Å²) < 4.78 is 13.7. The fraction of sp³-hybridized carbons (Fsp3) is 0.500. The highest BCUT2D eigenvalue weighted by Gasteiger charge is 2.37. The minimum atomic E-state index is -0.387. The Labute approximate surface area is 107 Å². The van der Waals surface area contributed by atoms with Crippen LogP contribution in [0.2, 0.25) is 0 Å². The number of para-hydroxylation sites is 1. The van der Waals surface area contributed by atoms with Crippen LogP contribution in [-0.2, 0) is 4.79 Å². The van der Waals surface area contributed by atoms with Crippen LogP contribution in [0.3, 0.4) is 0 Å². The average Bonchev–Trinajstić information content (AvgIpc) is 2.38. The van der Waals surface area contributed by atoms with E-state index < -0.39 is 0 Å². The topological polar surface area (TPSA) is 32.3 Å². The van der Waals surface area contributed by atoms with Crippen molar-refractivity contribution in [2.24, 2.45) is 5.41 Å². The first-order valence-electron chi connectivity index (χ1n) is 6.28. The van der Waals surface area contributed by atoms with Gasteiger partial charge in [0.2, 0.25) is 5.91 Å². The Morgan fingerprint density at radius 3 is 2.56 bits per heavy atom. The molecule has 1 aliphatic rings. The second-order valence-corrected chi connectivity index (χ2v) is 5.13. The highest BCUT2D eigenvalue weighted by Crippen LogP contribution is 2.32. The van der Waals surface area contributed by atoms with E-state index in [1.807, 2.05) is 6.92 Å². The number of benzene rings is 1. The van der Waals surface area contributed by atoms with Crippen LogP contribution in [-0.4, -0.2) is 26.0 Å². The van der Waals surface area contributed by atoms with E-state index in [-0.39, 0.29) is 17.1 Å². The number of anilines is 1. The van der Waals surface area contributed by atoms with Crippen LogP contribution < -0.4 is 10.2 Å². The van der Waals surface area contributed by atoms with Gasteiger partial charge >= 0.3 is 0 Å². The van der Waals surface area contributed by atoms with Crippen molar-refractivity contribution in [2.45, 2.75) is 19.8 Å². The van der Waals surface area contributed by atoms with Crippen molar-refractivity contribution in [3.8, 4) is 0 Å². The first-order chi connectivity index (χ1) is 8.54. The zero-order chi connectivity index (χ0) is 13.2. The minimum Gasteiger partial charge on any atom is -0.317 e. The zero-order valence-corrected chi connectivity index (χ0v) is 10.9. The predicted molar refractivity (Wildman–Crippen MR) is 70.0 cm³/mol. The van der Waals surface area contributed by atoms with Gasteiger partial charge in [-0.25, -0.2) is 4.39 Å². The monoisotopic (exact) mass is 250 g/mol. The molecule has 98 valence electrons. The largest absolute Gasteiger partial charge is 0.317 e. The first-order valence-corrected chi connectivity index (χ1v) is 6.28. The number of nitrogens with one attached hydrogen (secondary N) is 1.